The Morgan fingerprint density at radius 1 is 1.14 bits per heavy atom. The number of β-amino-alcohol motifs (C(OH)–C–C–N with tert-alkyl or cyclic N) is 1. The van der Waals surface area contributed by atoms with E-state index in [9.17, 15) is 9.90 Å². The second kappa shape index (κ2) is 8.45. The SMILES string of the molecule is O=C(CNc1ccc(Cl)cc1)Nc1c(Cl)ccc2nc(N3CCC(O)C3)ccc12. The van der Waals surface area contributed by atoms with Crippen LogP contribution in [0.4, 0.5) is 17.2 Å². The number of halogens is 2. The van der Waals surface area contributed by atoms with Crippen LogP contribution in [0.3, 0.4) is 0 Å². The first kappa shape index (κ1) is 19.8. The van der Waals surface area contributed by atoms with E-state index in [0.29, 0.717) is 22.3 Å². The lowest BCUT2D eigenvalue weighted by Gasteiger charge is -2.18. The van der Waals surface area contributed by atoms with Gasteiger partial charge in [0.25, 0.3) is 0 Å². The largest absolute Gasteiger partial charge is 0.391 e. The number of carbonyl (C=O) groups is 1. The van der Waals surface area contributed by atoms with E-state index in [-0.39, 0.29) is 18.6 Å². The highest BCUT2D eigenvalue weighted by atomic mass is 35.5. The van der Waals surface area contributed by atoms with Gasteiger partial charge in [0.05, 0.1) is 28.9 Å². The van der Waals surface area contributed by atoms with Crippen LogP contribution in [-0.2, 0) is 4.79 Å². The molecule has 3 aromatic rings. The number of aliphatic hydroxyl groups is 1. The van der Waals surface area contributed by atoms with Gasteiger partial charge in [0, 0.05) is 29.2 Å². The second-order valence-corrected chi connectivity index (χ2v) is 7.80. The molecule has 1 unspecified atom stereocenters. The molecule has 2 aromatic carbocycles. The number of amides is 1. The van der Waals surface area contributed by atoms with Gasteiger partial charge >= 0.3 is 0 Å². The van der Waals surface area contributed by atoms with Crippen LogP contribution in [-0.4, -0.2) is 41.7 Å². The summed E-state index contributed by atoms with van der Waals surface area (Å²) in [6, 6.07) is 14.5. The molecular weight excluding hydrogens is 411 g/mol. The van der Waals surface area contributed by atoms with Crippen molar-refractivity contribution in [1.29, 1.82) is 0 Å². The molecule has 6 nitrogen and oxygen atoms in total. The second-order valence-electron chi connectivity index (χ2n) is 6.96. The van der Waals surface area contributed by atoms with Crippen molar-refractivity contribution in [2.45, 2.75) is 12.5 Å². The highest BCUT2D eigenvalue weighted by Crippen LogP contribution is 2.32. The maximum Gasteiger partial charge on any atom is 0.243 e. The summed E-state index contributed by atoms with van der Waals surface area (Å²) in [5.74, 6) is 0.583. The van der Waals surface area contributed by atoms with Gasteiger partial charge in [0.15, 0.2) is 0 Å². The average molecular weight is 431 g/mol. The van der Waals surface area contributed by atoms with Gasteiger partial charge in [-0.3, -0.25) is 4.79 Å². The fourth-order valence-corrected chi connectivity index (χ4v) is 3.69. The molecule has 0 saturated carbocycles. The Bertz CT molecular complexity index is 1040. The zero-order valence-corrected chi connectivity index (χ0v) is 17.0. The molecule has 1 aromatic heterocycles. The van der Waals surface area contributed by atoms with E-state index in [1.165, 1.54) is 0 Å². The number of carbonyl (C=O) groups excluding carboxylic acids is 1. The number of rotatable bonds is 5. The van der Waals surface area contributed by atoms with Gasteiger partial charge in [-0.2, -0.15) is 0 Å². The van der Waals surface area contributed by atoms with Crippen LogP contribution in [0.5, 0.6) is 0 Å². The highest BCUT2D eigenvalue weighted by Gasteiger charge is 2.22. The van der Waals surface area contributed by atoms with Crippen LogP contribution < -0.4 is 15.5 Å². The number of nitrogens with one attached hydrogen (secondary N) is 2. The maximum absolute atomic E-state index is 12.4. The molecule has 0 bridgehead atoms. The summed E-state index contributed by atoms with van der Waals surface area (Å²) in [6.07, 6.45) is 0.420. The molecule has 1 amide bonds. The van der Waals surface area contributed by atoms with Crippen molar-refractivity contribution in [2.24, 2.45) is 0 Å². The maximum atomic E-state index is 12.4. The molecule has 1 aliphatic heterocycles. The highest BCUT2D eigenvalue weighted by molar-refractivity contribution is 6.35. The Hall–Kier alpha value is -2.54. The summed E-state index contributed by atoms with van der Waals surface area (Å²) in [4.78, 5) is 19.2. The number of fused-ring (bicyclic) bond motifs is 1. The van der Waals surface area contributed by atoms with Crippen LogP contribution in [0, 0.1) is 0 Å². The standard InChI is InChI=1S/C21H20Cl2N4O2/c22-13-1-3-14(4-2-13)24-11-20(29)26-21-16-5-8-19(27-10-9-15(28)12-27)25-18(16)7-6-17(21)23/h1-8,15,24,28H,9-12H2,(H,26,29). The van der Waals surface area contributed by atoms with Gasteiger partial charge in [-0.1, -0.05) is 23.2 Å². The molecule has 1 aliphatic rings. The van der Waals surface area contributed by atoms with Crippen LogP contribution >= 0.6 is 23.2 Å². The molecule has 0 aliphatic carbocycles. The van der Waals surface area contributed by atoms with E-state index in [4.69, 9.17) is 23.2 Å². The van der Waals surface area contributed by atoms with Crippen molar-refractivity contribution >= 4 is 57.2 Å². The molecule has 1 fully saturated rings. The lowest BCUT2D eigenvalue weighted by atomic mass is 10.1. The molecule has 1 saturated heterocycles. The third kappa shape index (κ3) is 4.56. The number of aliphatic hydroxyl groups excluding tert-OH is 1. The van der Waals surface area contributed by atoms with Crippen LogP contribution in [0.1, 0.15) is 6.42 Å². The van der Waals surface area contributed by atoms with Gasteiger partial charge in [-0.15, -0.1) is 0 Å². The predicted molar refractivity (Wildman–Crippen MR) is 118 cm³/mol. The zero-order chi connectivity index (χ0) is 20.4. The fraction of sp³-hybridized carbons (Fsp3) is 0.238. The van der Waals surface area contributed by atoms with Crippen molar-refractivity contribution in [3.63, 3.8) is 0 Å². The molecule has 0 spiro atoms. The van der Waals surface area contributed by atoms with Gasteiger partial charge < -0.3 is 20.6 Å². The molecule has 29 heavy (non-hydrogen) atoms. The number of benzene rings is 2. The molecule has 0 radical (unpaired) electrons. The Balaban J connectivity index is 1.50. The topological polar surface area (TPSA) is 77.5 Å². The van der Waals surface area contributed by atoms with Gasteiger partial charge in [-0.05, 0) is 55.0 Å². The first-order valence-electron chi connectivity index (χ1n) is 9.31. The number of aromatic nitrogens is 1. The molecule has 1 atom stereocenters. The van der Waals surface area contributed by atoms with E-state index in [1.807, 2.05) is 23.1 Å². The van der Waals surface area contributed by atoms with Gasteiger partial charge in [-0.25, -0.2) is 4.98 Å². The minimum atomic E-state index is -0.319. The number of pyridine rings is 1. The quantitative estimate of drug-likeness (QED) is 0.566. The van der Waals surface area contributed by atoms with Crippen LogP contribution in [0.25, 0.3) is 10.9 Å². The Labute approximate surface area is 178 Å². The third-order valence-corrected chi connectivity index (χ3v) is 5.42. The summed E-state index contributed by atoms with van der Waals surface area (Å²) in [5, 5.41) is 17.5. The molecule has 8 heteroatoms. The Kier molecular flexibility index (Phi) is 5.76. The smallest absolute Gasteiger partial charge is 0.243 e. The van der Waals surface area contributed by atoms with Crippen molar-refractivity contribution in [3.8, 4) is 0 Å². The van der Waals surface area contributed by atoms with Crippen molar-refractivity contribution in [1.82, 2.24) is 4.98 Å². The third-order valence-electron chi connectivity index (χ3n) is 4.85. The lowest BCUT2D eigenvalue weighted by molar-refractivity contribution is -0.114. The van der Waals surface area contributed by atoms with Gasteiger partial charge in [0.2, 0.25) is 5.91 Å². The monoisotopic (exact) mass is 430 g/mol. The molecule has 2 heterocycles. The zero-order valence-electron chi connectivity index (χ0n) is 15.5. The molecule has 4 rings (SSSR count). The first-order chi connectivity index (χ1) is 14.0. The normalized spacial score (nSPS) is 16.2. The fourth-order valence-electron chi connectivity index (χ4n) is 3.35. The number of nitrogens with zero attached hydrogens (tertiary/aromatic N) is 2. The lowest BCUT2D eigenvalue weighted by Crippen LogP contribution is -2.23. The predicted octanol–water partition coefficient (Wildman–Crippen LogP) is 4.16. The van der Waals surface area contributed by atoms with E-state index in [0.717, 1.165) is 35.4 Å². The molecular formula is C21H20Cl2N4O2. The first-order valence-corrected chi connectivity index (χ1v) is 10.1. The summed E-state index contributed by atoms with van der Waals surface area (Å²) in [5.41, 5.74) is 2.06. The molecule has 150 valence electrons. The van der Waals surface area contributed by atoms with E-state index < -0.39 is 0 Å². The number of anilines is 3. The summed E-state index contributed by atoms with van der Waals surface area (Å²) in [7, 11) is 0. The summed E-state index contributed by atoms with van der Waals surface area (Å²) >= 11 is 12.2. The van der Waals surface area contributed by atoms with Crippen molar-refractivity contribution in [2.75, 3.05) is 35.2 Å². The number of hydrogen-bond donors (Lipinski definition) is 3. The summed E-state index contributed by atoms with van der Waals surface area (Å²) in [6.45, 7) is 1.44. The minimum absolute atomic E-state index is 0.0888. The minimum Gasteiger partial charge on any atom is -0.391 e. The van der Waals surface area contributed by atoms with Crippen LogP contribution in [0.2, 0.25) is 10.0 Å². The Morgan fingerprint density at radius 3 is 2.66 bits per heavy atom. The summed E-state index contributed by atoms with van der Waals surface area (Å²) < 4.78 is 0. The van der Waals surface area contributed by atoms with E-state index in [1.54, 1.807) is 30.3 Å². The van der Waals surface area contributed by atoms with E-state index in [2.05, 4.69) is 15.6 Å². The van der Waals surface area contributed by atoms with Gasteiger partial charge in [0.1, 0.15) is 5.82 Å². The van der Waals surface area contributed by atoms with Crippen molar-refractivity contribution < 1.29 is 9.90 Å². The van der Waals surface area contributed by atoms with E-state index >= 15 is 0 Å². The average Bonchev–Trinajstić information content (AvgIpc) is 3.16. The molecule has 3 N–H and O–H groups in total. The van der Waals surface area contributed by atoms with Crippen molar-refractivity contribution in [3.05, 3.63) is 58.6 Å². The number of hydrogen-bond acceptors (Lipinski definition) is 5. The van der Waals surface area contributed by atoms with Crippen LogP contribution in [0.15, 0.2) is 48.5 Å². The Morgan fingerprint density at radius 2 is 1.93 bits per heavy atom.